The van der Waals surface area contributed by atoms with Crippen molar-refractivity contribution < 1.29 is 9.63 Å². The van der Waals surface area contributed by atoms with Gasteiger partial charge in [0.25, 0.3) is 0 Å². The molecule has 0 unspecified atom stereocenters. The summed E-state index contributed by atoms with van der Waals surface area (Å²) in [4.78, 5) is 17.0. The van der Waals surface area contributed by atoms with E-state index in [9.17, 15) is 4.79 Å². The minimum Gasteiger partial charge on any atom is -0.326 e. The van der Waals surface area contributed by atoms with Crippen LogP contribution in [0.3, 0.4) is 0 Å². The molecule has 0 N–H and O–H groups in total. The van der Waals surface area contributed by atoms with Gasteiger partial charge in [-0.3, -0.25) is 4.79 Å². The van der Waals surface area contributed by atoms with Gasteiger partial charge >= 0.3 is 0 Å². The van der Waals surface area contributed by atoms with E-state index in [1.54, 1.807) is 17.1 Å². The molecule has 0 bridgehead atoms. The number of nitrogens with zero attached hydrogens (tertiary/aromatic N) is 2. The third-order valence-electron chi connectivity index (χ3n) is 1.75. The summed E-state index contributed by atoms with van der Waals surface area (Å²) in [5.74, 6) is 0. The van der Waals surface area contributed by atoms with Crippen LogP contribution >= 0.6 is 0 Å². The lowest BCUT2D eigenvalue weighted by atomic mass is 10.3. The molecule has 1 saturated heterocycles. The van der Waals surface area contributed by atoms with Crippen molar-refractivity contribution in [3.05, 3.63) is 0 Å². The third kappa shape index (κ3) is 1.27. The van der Waals surface area contributed by atoms with Crippen molar-refractivity contribution in [3.63, 3.8) is 0 Å². The molecule has 10 heavy (non-hydrogen) atoms. The zero-order valence-corrected chi connectivity index (χ0v) is 6.28. The Balaban J connectivity index is 2.43. The molecule has 0 aromatic heterocycles. The minimum absolute atomic E-state index is 0.275. The Kier molecular flexibility index (Phi) is 2.24. The van der Waals surface area contributed by atoms with Gasteiger partial charge in [0, 0.05) is 12.6 Å². The molecule has 4 nitrogen and oxygen atoms in total. The minimum atomic E-state index is 0.275. The van der Waals surface area contributed by atoms with Crippen LogP contribution in [0.25, 0.3) is 0 Å². The highest BCUT2D eigenvalue weighted by molar-refractivity contribution is 5.48. The van der Waals surface area contributed by atoms with E-state index in [0.717, 1.165) is 13.0 Å². The maximum absolute atomic E-state index is 10.3. The standard InChI is InChI=1S/C6H12N2O2/c1-6-3-8(10-2)4-7(6)5-9/h5-6H,3-4H2,1-2H3/t6-/m1/s1. The van der Waals surface area contributed by atoms with Gasteiger partial charge in [0.05, 0.1) is 13.8 Å². The highest BCUT2D eigenvalue weighted by Crippen LogP contribution is 2.09. The van der Waals surface area contributed by atoms with Crippen molar-refractivity contribution >= 4 is 6.41 Å². The zero-order valence-electron chi connectivity index (χ0n) is 6.28. The SMILES string of the molecule is CON1C[C@@H](C)N(C=O)C1. The first kappa shape index (κ1) is 7.50. The van der Waals surface area contributed by atoms with E-state index in [0.29, 0.717) is 6.67 Å². The Morgan fingerprint density at radius 2 is 2.40 bits per heavy atom. The number of carbonyl (C=O) groups is 1. The first-order valence-corrected chi connectivity index (χ1v) is 3.28. The van der Waals surface area contributed by atoms with Crippen molar-refractivity contribution in [1.82, 2.24) is 9.96 Å². The molecule has 0 aromatic carbocycles. The summed E-state index contributed by atoms with van der Waals surface area (Å²) in [5, 5.41) is 1.75. The summed E-state index contributed by atoms with van der Waals surface area (Å²) >= 11 is 0. The van der Waals surface area contributed by atoms with E-state index in [2.05, 4.69) is 0 Å². The summed E-state index contributed by atoms with van der Waals surface area (Å²) < 4.78 is 0. The van der Waals surface area contributed by atoms with Gasteiger partial charge in [-0.2, -0.15) is 5.06 Å². The molecule has 1 fully saturated rings. The van der Waals surface area contributed by atoms with Gasteiger partial charge in [-0.05, 0) is 6.92 Å². The van der Waals surface area contributed by atoms with Crippen molar-refractivity contribution in [2.24, 2.45) is 0 Å². The predicted octanol–water partition coefficient (Wildman–Crippen LogP) is -0.332. The Morgan fingerprint density at radius 1 is 1.70 bits per heavy atom. The average Bonchev–Trinajstić information content (AvgIpc) is 2.30. The van der Waals surface area contributed by atoms with Gasteiger partial charge in [-0.25, -0.2) is 0 Å². The van der Waals surface area contributed by atoms with E-state index < -0.39 is 0 Å². The molecule has 4 heteroatoms. The molecule has 0 saturated carbocycles. The van der Waals surface area contributed by atoms with Gasteiger partial charge in [0.1, 0.15) is 0 Å². The van der Waals surface area contributed by atoms with E-state index in [1.165, 1.54) is 0 Å². The Hall–Kier alpha value is -0.610. The monoisotopic (exact) mass is 144 g/mol. The predicted molar refractivity (Wildman–Crippen MR) is 35.9 cm³/mol. The Labute approximate surface area is 60.3 Å². The van der Waals surface area contributed by atoms with Crippen molar-refractivity contribution in [3.8, 4) is 0 Å². The van der Waals surface area contributed by atoms with Crippen LogP contribution in [-0.4, -0.2) is 42.7 Å². The molecule has 1 amide bonds. The van der Waals surface area contributed by atoms with Crippen LogP contribution in [0, 0.1) is 0 Å². The quantitative estimate of drug-likeness (QED) is 0.497. The number of hydrogen-bond acceptors (Lipinski definition) is 3. The molecule has 0 spiro atoms. The summed E-state index contributed by atoms with van der Waals surface area (Å²) in [6, 6.07) is 0.275. The van der Waals surface area contributed by atoms with Gasteiger partial charge in [-0.15, -0.1) is 0 Å². The van der Waals surface area contributed by atoms with Gasteiger partial charge in [0.2, 0.25) is 6.41 Å². The number of hydroxylamine groups is 2. The smallest absolute Gasteiger partial charge is 0.211 e. The second kappa shape index (κ2) is 2.98. The third-order valence-corrected chi connectivity index (χ3v) is 1.75. The van der Waals surface area contributed by atoms with Crippen molar-refractivity contribution in [1.29, 1.82) is 0 Å². The number of hydrogen-bond donors (Lipinski definition) is 0. The van der Waals surface area contributed by atoms with Crippen LogP contribution in [-0.2, 0) is 9.63 Å². The largest absolute Gasteiger partial charge is 0.326 e. The Morgan fingerprint density at radius 3 is 2.70 bits per heavy atom. The first-order valence-electron chi connectivity index (χ1n) is 3.28. The van der Waals surface area contributed by atoms with Gasteiger partial charge < -0.3 is 9.74 Å². The average molecular weight is 144 g/mol. The molecule has 0 aliphatic carbocycles. The van der Waals surface area contributed by atoms with Crippen LogP contribution in [0.2, 0.25) is 0 Å². The first-order chi connectivity index (χ1) is 4.77. The molecule has 58 valence electrons. The lowest BCUT2D eigenvalue weighted by Crippen LogP contribution is -2.26. The molecule has 1 rings (SSSR count). The number of carbonyl (C=O) groups excluding carboxylic acids is 1. The molecular weight excluding hydrogens is 132 g/mol. The van der Waals surface area contributed by atoms with E-state index in [1.807, 2.05) is 6.92 Å². The van der Waals surface area contributed by atoms with Crippen molar-refractivity contribution in [2.45, 2.75) is 13.0 Å². The lowest BCUT2D eigenvalue weighted by molar-refractivity contribution is -0.133. The molecular formula is C6H12N2O2. The number of amides is 1. The second-order valence-corrected chi connectivity index (χ2v) is 2.46. The number of rotatable bonds is 2. The maximum atomic E-state index is 10.3. The van der Waals surface area contributed by atoms with Crippen LogP contribution in [0.15, 0.2) is 0 Å². The molecule has 1 atom stereocenters. The van der Waals surface area contributed by atoms with E-state index in [4.69, 9.17) is 4.84 Å². The maximum Gasteiger partial charge on any atom is 0.211 e. The Bertz CT molecular complexity index is 129. The highest BCUT2D eigenvalue weighted by atomic mass is 16.7. The van der Waals surface area contributed by atoms with E-state index >= 15 is 0 Å². The summed E-state index contributed by atoms with van der Waals surface area (Å²) in [5.41, 5.74) is 0. The summed E-state index contributed by atoms with van der Waals surface area (Å²) in [6.07, 6.45) is 0.851. The van der Waals surface area contributed by atoms with Crippen LogP contribution in [0.5, 0.6) is 0 Å². The molecule has 0 aromatic rings. The molecule has 1 aliphatic heterocycles. The fraction of sp³-hybridized carbons (Fsp3) is 0.833. The topological polar surface area (TPSA) is 32.8 Å². The van der Waals surface area contributed by atoms with Crippen molar-refractivity contribution in [2.75, 3.05) is 20.3 Å². The second-order valence-electron chi connectivity index (χ2n) is 2.46. The zero-order chi connectivity index (χ0) is 7.56. The normalized spacial score (nSPS) is 27.4. The van der Waals surface area contributed by atoms with Crippen LogP contribution in [0.1, 0.15) is 6.92 Å². The summed E-state index contributed by atoms with van der Waals surface area (Å²) in [6.45, 7) is 3.38. The van der Waals surface area contributed by atoms with Crippen LogP contribution in [0.4, 0.5) is 0 Å². The molecule has 1 aliphatic rings. The van der Waals surface area contributed by atoms with Gasteiger partial charge in [-0.1, -0.05) is 0 Å². The van der Waals surface area contributed by atoms with Crippen LogP contribution < -0.4 is 0 Å². The van der Waals surface area contributed by atoms with Gasteiger partial charge in [0.15, 0.2) is 0 Å². The van der Waals surface area contributed by atoms with E-state index in [-0.39, 0.29) is 6.04 Å². The molecule has 1 heterocycles. The fourth-order valence-electron chi connectivity index (χ4n) is 1.05. The highest BCUT2D eigenvalue weighted by Gasteiger charge is 2.25. The lowest BCUT2D eigenvalue weighted by Gasteiger charge is -2.12. The summed E-state index contributed by atoms with van der Waals surface area (Å²) in [7, 11) is 1.61. The fourth-order valence-corrected chi connectivity index (χ4v) is 1.05. The molecule has 0 radical (unpaired) electrons.